The fourth-order valence-electron chi connectivity index (χ4n) is 1.53. The number of nitrogens with zero attached hydrogens (tertiary/aromatic N) is 3. The minimum atomic E-state index is -0.547. The summed E-state index contributed by atoms with van der Waals surface area (Å²) < 4.78 is 1.80. The average Bonchev–Trinajstić information content (AvgIpc) is 2.84. The van der Waals surface area contributed by atoms with Crippen LogP contribution < -0.4 is 5.32 Å². The first-order chi connectivity index (χ1) is 9.97. The topological polar surface area (TPSA) is 90.1 Å². The van der Waals surface area contributed by atoms with Crippen molar-refractivity contribution in [2.75, 3.05) is 11.1 Å². The summed E-state index contributed by atoms with van der Waals surface area (Å²) in [4.78, 5) is 26.0. The predicted molar refractivity (Wildman–Crippen MR) is 80.7 cm³/mol. The van der Waals surface area contributed by atoms with Crippen molar-refractivity contribution in [2.24, 2.45) is 7.05 Å². The van der Waals surface area contributed by atoms with Crippen molar-refractivity contribution < 1.29 is 9.72 Å². The van der Waals surface area contributed by atoms with Crippen LogP contribution in [0.4, 0.5) is 11.4 Å². The minimum Gasteiger partial charge on any atom is -0.329 e. The average molecular weight is 327 g/mol. The second kappa shape index (κ2) is 6.59. The highest BCUT2D eigenvalue weighted by molar-refractivity contribution is 7.99. The summed E-state index contributed by atoms with van der Waals surface area (Å²) in [6, 6.07) is 3.89. The third-order valence-electron chi connectivity index (χ3n) is 2.55. The van der Waals surface area contributed by atoms with Crippen molar-refractivity contribution in [2.45, 2.75) is 5.16 Å². The van der Waals surface area contributed by atoms with E-state index in [1.54, 1.807) is 17.0 Å². The van der Waals surface area contributed by atoms with Gasteiger partial charge in [0.15, 0.2) is 5.16 Å². The van der Waals surface area contributed by atoms with E-state index >= 15 is 0 Å². The smallest absolute Gasteiger partial charge is 0.271 e. The van der Waals surface area contributed by atoms with Crippen molar-refractivity contribution in [3.05, 3.63) is 45.7 Å². The first kappa shape index (κ1) is 15.3. The molecule has 7 nitrogen and oxygen atoms in total. The molecule has 0 saturated carbocycles. The Kier molecular flexibility index (Phi) is 4.81. The Balaban J connectivity index is 1.96. The number of benzene rings is 1. The molecule has 0 aliphatic rings. The number of thioether (sulfide) groups is 1. The Hall–Kier alpha value is -2.06. The molecule has 1 N–H and O–H groups in total. The molecule has 0 aliphatic heterocycles. The molecule has 0 unspecified atom stereocenters. The normalized spacial score (nSPS) is 10.4. The van der Waals surface area contributed by atoms with Crippen LogP contribution in [-0.2, 0) is 11.8 Å². The molecule has 0 saturated heterocycles. The third kappa shape index (κ3) is 3.96. The zero-order valence-electron chi connectivity index (χ0n) is 10.9. The van der Waals surface area contributed by atoms with Crippen LogP contribution in [0.5, 0.6) is 0 Å². The van der Waals surface area contributed by atoms with Gasteiger partial charge in [0.1, 0.15) is 0 Å². The number of aromatic nitrogens is 2. The number of non-ortho nitro benzene ring substituents is 1. The molecule has 2 rings (SSSR count). The Labute approximate surface area is 129 Å². The number of imidazole rings is 1. The summed E-state index contributed by atoms with van der Waals surface area (Å²) in [6.07, 6.45) is 3.43. The van der Waals surface area contributed by atoms with Crippen molar-refractivity contribution in [1.82, 2.24) is 9.55 Å². The second-order valence-corrected chi connectivity index (χ2v) is 5.43. The van der Waals surface area contributed by atoms with Gasteiger partial charge in [0.25, 0.3) is 5.69 Å². The molecule has 0 fully saturated rings. The highest BCUT2D eigenvalue weighted by Gasteiger charge is 2.12. The number of carbonyl (C=O) groups is 1. The van der Waals surface area contributed by atoms with Gasteiger partial charge in [-0.3, -0.25) is 14.9 Å². The highest BCUT2D eigenvalue weighted by Crippen LogP contribution is 2.27. The Morgan fingerprint density at radius 3 is 2.90 bits per heavy atom. The van der Waals surface area contributed by atoms with Crippen molar-refractivity contribution in [1.29, 1.82) is 0 Å². The van der Waals surface area contributed by atoms with Gasteiger partial charge in [-0.25, -0.2) is 4.98 Å². The van der Waals surface area contributed by atoms with Crippen LogP contribution >= 0.6 is 23.4 Å². The van der Waals surface area contributed by atoms with Gasteiger partial charge in [-0.2, -0.15) is 0 Å². The molecule has 1 aromatic carbocycles. The summed E-state index contributed by atoms with van der Waals surface area (Å²) >= 11 is 7.18. The summed E-state index contributed by atoms with van der Waals surface area (Å²) in [5, 5.41) is 14.1. The largest absolute Gasteiger partial charge is 0.329 e. The molecule has 1 aromatic heterocycles. The summed E-state index contributed by atoms with van der Waals surface area (Å²) in [6.45, 7) is 0. The summed E-state index contributed by atoms with van der Waals surface area (Å²) in [7, 11) is 1.83. The SMILES string of the molecule is Cn1ccnc1SCC(=O)Nc1ccc([N+](=O)[O-])cc1Cl. The van der Waals surface area contributed by atoms with Crippen LogP contribution in [0.1, 0.15) is 0 Å². The van der Waals surface area contributed by atoms with E-state index < -0.39 is 4.92 Å². The fourth-order valence-corrected chi connectivity index (χ4v) is 2.48. The van der Waals surface area contributed by atoms with E-state index in [2.05, 4.69) is 10.3 Å². The number of rotatable bonds is 5. The molecule has 2 aromatic rings. The van der Waals surface area contributed by atoms with Gasteiger partial charge in [0.2, 0.25) is 5.91 Å². The molecule has 0 aliphatic carbocycles. The van der Waals surface area contributed by atoms with Crippen molar-refractivity contribution in [3.63, 3.8) is 0 Å². The molecule has 0 atom stereocenters. The van der Waals surface area contributed by atoms with E-state index in [1.807, 2.05) is 7.05 Å². The number of nitro groups is 1. The molecule has 0 spiro atoms. The lowest BCUT2D eigenvalue weighted by Crippen LogP contribution is -2.14. The molecule has 110 valence electrons. The van der Waals surface area contributed by atoms with Gasteiger partial charge in [0, 0.05) is 31.6 Å². The molecular formula is C12H11ClN4O3S. The number of aryl methyl sites for hydroxylation is 1. The predicted octanol–water partition coefficient (Wildman–Crippen LogP) is 2.71. The van der Waals surface area contributed by atoms with E-state index in [0.717, 1.165) is 5.16 Å². The second-order valence-electron chi connectivity index (χ2n) is 4.08. The molecule has 1 heterocycles. The molecule has 0 radical (unpaired) electrons. The number of amides is 1. The molecule has 1 amide bonds. The van der Waals surface area contributed by atoms with Crippen LogP contribution in [0.2, 0.25) is 5.02 Å². The number of anilines is 1. The van der Waals surface area contributed by atoms with E-state index in [4.69, 9.17) is 11.6 Å². The van der Waals surface area contributed by atoms with Gasteiger partial charge < -0.3 is 9.88 Å². The number of halogens is 1. The van der Waals surface area contributed by atoms with Crippen molar-refractivity contribution in [3.8, 4) is 0 Å². The summed E-state index contributed by atoms with van der Waals surface area (Å²) in [5.41, 5.74) is 0.216. The lowest BCUT2D eigenvalue weighted by atomic mass is 10.3. The van der Waals surface area contributed by atoms with Crippen molar-refractivity contribution >= 4 is 40.6 Å². The van der Waals surface area contributed by atoms with Gasteiger partial charge in [-0.15, -0.1) is 0 Å². The maximum atomic E-state index is 11.8. The molecule has 21 heavy (non-hydrogen) atoms. The van der Waals surface area contributed by atoms with E-state index in [-0.39, 0.29) is 22.4 Å². The minimum absolute atomic E-state index is 0.125. The number of hydrogen-bond donors (Lipinski definition) is 1. The summed E-state index contributed by atoms with van der Waals surface area (Å²) in [5.74, 6) is -0.100. The number of hydrogen-bond acceptors (Lipinski definition) is 5. The molecule has 9 heteroatoms. The number of nitrogens with one attached hydrogen (secondary N) is 1. The lowest BCUT2D eigenvalue weighted by Gasteiger charge is -2.07. The van der Waals surface area contributed by atoms with Gasteiger partial charge in [0.05, 0.1) is 21.4 Å². The quantitative estimate of drug-likeness (QED) is 0.518. The van der Waals surface area contributed by atoms with E-state index in [9.17, 15) is 14.9 Å². The maximum Gasteiger partial charge on any atom is 0.271 e. The molecule has 0 bridgehead atoms. The first-order valence-electron chi connectivity index (χ1n) is 5.81. The van der Waals surface area contributed by atoms with Gasteiger partial charge >= 0.3 is 0 Å². The Bertz CT molecular complexity index is 689. The number of nitro benzene ring substituents is 1. The van der Waals surface area contributed by atoms with Crippen LogP contribution in [0, 0.1) is 10.1 Å². The Morgan fingerprint density at radius 1 is 1.57 bits per heavy atom. The molecular weight excluding hydrogens is 316 g/mol. The third-order valence-corrected chi connectivity index (χ3v) is 3.92. The lowest BCUT2D eigenvalue weighted by molar-refractivity contribution is -0.384. The Morgan fingerprint density at radius 2 is 2.33 bits per heavy atom. The highest BCUT2D eigenvalue weighted by atomic mass is 35.5. The van der Waals surface area contributed by atoms with Gasteiger partial charge in [-0.1, -0.05) is 23.4 Å². The van der Waals surface area contributed by atoms with Crippen LogP contribution in [0.3, 0.4) is 0 Å². The standard InChI is InChI=1S/C12H11ClN4O3S/c1-16-5-4-14-12(16)21-7-11(18)15-10-3-2-8(17(19)20)6-9(10)13/h2-6H,7H2,1H3,(H,15,18). The monoisotopic (exact) mass is 326 g/mol. The van der Waals surface area contributed by atoms with E-state index in [1.165, 1.54) is 30.0 Å². The zero-order chi connectivity index (χ0) is 15.4. The number of carbonyl (C=O) groups excluding carboxylic acids is 1. The maximum absolute atomic E-state index is 11.8. The first-order valence-corrected chi connectivity index (χ1v) is 7.17. The van der Waals surface area contributed by atoms with E-state index in [0.29, 0.717) is 5.69 Å². The van der Waals surface area contributed by atoms with Crippen LogP contribution in [0.15, 0.2) is 35.7 Å². The van der Waals surface area contributed by atoms with Gasteiger partial charge in [-0.05, 0) is 6.07 Å². The fraction of sp³-hybridized carbons (Fsp3) is 0.167. The van der Waals surface area contributed by atoms with Crippen LogP contribution in [-0.4, -0.2) is 26.1 Å². The van der Waals surface area contributed by atoms with Crippen LogP contribution in [0.25, 0.3) is 0 Å². The zero-order valence-corrected chi connectivity index (χ0v) is 12.5.